The van der Waals surface area contributed by atoms with Crippen LogP contribution in [0, 0.1) is 10.8 Å². The highest BCUT2D eigenvalue weighted by atomic mass is 14.7. The minimum atomic E-state index is -0.123. The third kappa shape index (κ3) is 3.23. The third-order valence-electron chi connectivity index (χ3n) is 1.51. The molecule has 0 aliphatic heterocycles. The first kappa shape index (κ1) is 10.8. The molecule has 0 aliphatic rings. The molecule has 0 radical (unpaired) electrons. The molecule has 0 spiro atoms. The van der Waals surface area contributed by atoms with Crippen LogP contribution in [0.4, 0.5) is 0 Å². The maximum absolute atomic E-state index is 7.37. The summed E-state index contributed by atoms with van der Waals surface area (Å²) in [6, 6.07) is 0. The number of hydrogen-bond donors (Lipinski definition) is 3. The van der Waals surface area contributed by atoms with Gasteiger partial charge in [0, 0.05) is 16.8 Å². The van der Waals surface area contributed by atoms with Crippen molar-refractivity contribution < 1.29 is 0 Å². The summed E-state index contributed by atoms with van der Waals surface area (Å²) in [4.78, 5) is 0. The van der Waals surface area contributed by atoms with Gasteiger partial charge in [0.2, 0.25) is 0 Å². The molecule has 0 saturated heterocycles. The minimum Gasteiger partial charge on any atom is -0.402 e. The lowest BCUT2D eigenvalue weighted by atomic mass is 9.91. The van der Waals surface area contributed by atoms with E-state index in [0.717, 1.165) is 0 Å². The molecule has 0 unspecified atom stereocenters. The summed E-state index contributed by atoms with van der Waals surface area (Å²) in [5.41, 5.74) is 12.0. The van der Waals surface area contributed by atoms with Crippen molar-refractivity contribution in [2.45, 2.75) is 20.8 Å². The van der Waals surface area contributed by atoms with E-state index in [2.05, 4.69) is 6.58 Å². The highest BCUT2D eigenvalue weighted by molar-refractivity contribution is 6.05. The average molecular weight is 167 g/mol. The number of rotatable bonds is 2. The van der Waals surface area contributed by atoms with Crippen molar-refractivity contribution in [2.24, 2.45) is 16.9 Å². The SMILES string of the molecule is C=C(N)C(=N)/C=C(\N)C(C)(C)C. The zero-order valence-corrected chi connectivity index (χ0v) is 7.94. The molecule has 0 aromatic rings. The van der Waals surface area contributed by atoms with Crippen LogP contribution >= 0.6 is 0 Å². The normalized spacial score (nSPS) is 12.8. The molecule has 12 heavy (non-hydrogen) atoms. The van der Waals surface area contributed by atoms with Gasteiger partial charge in [0.05, 0.1) is 5.71 Å². The van der Waals surface area contributed by atoms with Crippen molar-refractivity contribution in [3.05, 3.63) is 24.0 Å². The molecule has 0 fully saturated rings. The molecular formula is C9H17N3. The first-order valence-electron chi connectivity index (χ1n) is 3.76. The molecule has 0 aromatic heterocycles. The predicted molar refractivity (Wildman–Crippen MR) is 52.8 cm³/mol. The third-order valence-corrected chi connectivity index (χ3v) is 1.51. The molecule has 0 saturated carbocycles. The monoisotopic (exact) mass is 167 g/mol. The van der Waals surface area contributed by atoms with Crippen LogP contribution in [-0.2, 0) is 0 Å². The van der Waals surface area contributed by atoms with Crippen molar-refractivity contribution in [1.82, 2.24) is 0 Å². The van der Waals surface area contributed by atoms with Gasteiger partial charge in [0.15, 0.2) is 0 Å². The average Bonchev–Trinajstić information content (AvgIpc) is 1.85. The van der Waals surface area contributed by atoms with Crippen LogP contribution in [0.15, 0.2) is 24.0 Å². The zero-order chi connectivity index (χ0) is 9.94. The van der Waals surface area contributed by atoms with Gasteiger partial charge in [-0.25, -0.2) is 0 Å². The van der Waals surface area contributed by atoms with Crippen molar-refractivity contribution in [3.63, 3.8) is 0 Å². The van der Waals surface area contributed by atoms with E-state index in [1.807, 2.05) is 20.8 Å². The first-order chi connectivity index (χ1) is 5.25. The Morgan fingerprint density at radius 2 is 1.75 bits per heavy atom. The molecule has 0 aliphatic carbocycles. The summed E-state index contributed by atoms with van der Waals surface area (Å²) in [6.45, 7) is 9.38. The second kappa shape index (κ2) is 3.43. The molecule has 0 rings (SSSR count). The zero-order valence-electron chi connectivity index (χ0n) is 7.94. The van der Waals surface area contributed by atoms with Gasteiger partial charge < -0.3 is 11.5 Å². The standard InChI is InChI=1S/C9H17N3/c1-6(10)7(11)5-8(12)9(2,3)4/h5,11H,1,10,12H2,2-4H3/b8-5-,11-7?. The van der Waals surface area contributed by atoms with Gasteiger partial charge in [-0.05, 0) is 6.08 Å². The van der Waals surface area contributed by atoms with E-state index >= 15 is 0 Å². The smallest absolute Gasteiger partial charge is 0.0780 e. The summed E-state index contributed by atoms with van der Waals surface area (Å²) in [5, 5.41) is 7.37. The van der Waals surface area contributed by atoms with Gasteiger partial charge in [-0.3, -0.25) is 5.41 Å². The fourth-order valence-corrected chi connectivity index (χ4v) is 0.465. The summed E-state index contributed by atoms with van der Waals surface area (Å²) < 4.78 is 0. The van der Waals surface area contributed by atoms with Crippen molar-refractivity contribution in [2.75, 3.05) is 0 Å². The topological polar surface area (TPSA) is 75.9 Å². The fraction of sp³-hybridized carbons (Fsp3) is 0.444. The lowest BCUT2D eigenvalue weighted by Gasteiger charge is -2.18. The molecule has 0 amide bonds. The lowest BCUT2D eigenvalue weighted by molar-refractivity contribution is 0.498. The maximum Gasteiger partial charge on any atom is 0.0780 e. The molecular weight excluding hydrogens is 150 g/mol. The summed E-state index contributed by atoms with van der Waals surface area (Å²) >= 11 is 0. The van der Waals surface area contributed by atoms with Gasteiger partial charge in [-0.2, -0.15) is 0 Å². The van der Waals surface area contributed by atoms with Gasteiger partial charge in [-0.15, -0.1) is 0 Å². The molecule has 0 aromatic carbocycles. The van der Waals surface area contributed by atoms with E-state index in [0.29, 0.717) is 5.70 Å². The Kier molecular flexibility index (Phi) is 3.07. The largest absolute Gasteiger partial charge is 0.402 e. The molecule has 68 valence electrons. The Balaban J connectivity index is 4.59. The van der Waals surface area contributed by atoms with Gasteiger partial charge in [0.25, 0.3) is 0 Å². The molecule has 3 heteroatoms. The van der Waals surface area contributed by atoms with Crippen LogP contribution in [0.2, 0.25) is 0 Å². The summed E-state index contributed by atoms with van der Waals surface area (Å²) in [7, 11) is 0. The fourth-order valence-electron chi connectivity index (χ4n) is 0.465. The number of allylic oxidation sites excluding steroid dienone is 2. The van der Waals surface area contributed by atoms with E-state index in [4.69, 9.17) is 16.9 Å². The van der Waals surface area contributed by atoms with Gasteiger partial charge in [-0.1, -0.05) is 27.4 Å². The Morgan fingerprint density at radius 1 is 1.33 bits per heavy atom. The van der Waals surface area contributed by atoms with Gasteiger partial charge in [0.1, 0.15) is 0 Å². The highest BCUT2D eigenvalue weighted by Gasteiger charge is 2.13. The van der Waals surface area contributed by atoms with Crippen LogP contribution in [0.3, 0.4) is 0 Å². The minimum absolute atomic E-state index is 0.123. The predicted octanol–water partition coefficient (Wildman–Crippen LogP) is 1.37. The van der Waals surface area contributed by atoms with Crippen LogP contribution < -0.4 is 11.5 Å². The number of nitrogens with two attached hydrogens (primary N) is 2. The van der Waals surface area contributed by atoms with E-state index in [1.165, 1.54) is 0 Å². The Labute approximate surface area is 73.6 Å². The first-order valence-corrected chi connectivity index (χ1v) is 3.76. The molecule has 5 N–H and O–H groups in total. The van der Waals surface area contributed by atoms with Crippen molar-refractivity contribution >= 4 is 5.71 Å². The maximum atomic E-state index is 7.37. The number of hydrogen-bond acceptors (Lipinski definition) is 3. The van der Waals surface area contributed by atoms with E-state index in [1.54, 1.807) is 6.08 Å². The quantitative estimate of drug-likeness (QED) is 0.543. The Bertz CT molecular complexity index is 231. The molecule has 0 heterocycles. The molecule has 0 bridgehead atoms. The van der Waals surface area contributed by atoms with Crippen LogP contribution in [0.25, 0.3) is 0 Å². The van der Waals surface area contributed by atoms with E-state index in [9.17, 15) is 0 Å². The highest BCUT2D eigenvalue weighted by Crippen LogP contribution is 2.20. The lowest BCUT2D eigenvalue weighted by Crippen LogP contribution is -2.19. The summed E-state index contributed by atoms with van der Waals surface area (Å²) in [5.74, 6) is 0. The molecule has 0 atom stereocenters. The number of nitrogens with one attached hydrogen (secondary N) is 1. The van der Waals surface area contributed by atoms with Crippen LogP contribution in [-0.4, -0.2) is 5.71 Å². The second-order valence-corrected chi connectivity index (χ2v) is 3.79. The second-order valence-electron chi connectivity index (χ2n) is 3.79. The van der Waals surface area contributed by atoms with Crippen LogP contribution in [0.1, 0.15) is 20.8 Å². The van der Waals surface area contributed by atoms with Crippen LogP contribution in [0.5, 0.6) is 0 Å². The Morgan fingerprint density at radius 3 is 2.00 bits per heavy atom. The van der Waals surface area contributed by atoms with Crippen molar-refractivity contribution in [3.8, 4) is 0 Å². The Hall–Kier alpha value is -1.25. The van der Waals surface area contributed by atoms with Gasteiger partial charge >= 0.3 is 0 Å². The summed E-state index contributed by atoms with van der Waals surface area (Å²) in [6.07, 6.45) is 1.54. The van der Waals surface area contributed by atoms with E-state index in [-0.39, 0.29) is 16.8 Å². The molecule has 3 nitrogen and oxygen atoms in total. The van der Waals surface area contributed by atoms with E-state index < -0.39 is 0 Å². The van der Waals surface area contributed by atoms with Crippen molar-refractivity contribution in [1.29, 1.82) is 5.41 Å².